The molecule has 3 nitrogen and oxygen atoms in total. The summed E-state index contributed by atoms with van der Waals surface area (Å²) in [5.74, 6) is 0.143. The monoisotopic (exact) mass is 206 g/mol. The SMILES string of the molecule is [B]Oc1ccc(/C=C/C(=O)OP)cc1. The highest BCUT2D eigenvalue weighted by Crippen LogP contribution is 2.12. The van der Waals surface area contributed by atoms with E-state index in [9.17, 15) is 4.79 Å². The van der Waals surface area contributed by atoms with Crippen molar-refractivity contribution in [3.8, 4) is 5.75 Å². The van der Waals surface area contributed by atoms with E-state index in [1.165, 1.54) is 6.08 Å². The molecule has 2 radical (unpaired) electrons. The van der Waals surface area contributed by atoms with E-state index in [0.29, 0.717) is 5.75 Å². The van der Waals surface area contributed by atoms with E-state index >= 15 is 0 Å². The first-order valence-electron chi connectivity index (χ1n) is 3.82. The van der Waals surface area contributed by atoms with E-state index in [4.69, 9.17) is 8.05 Å². The van der Waals surface area contributed by atoms with Crippen molar-refractivity contribution < 1.29 is 14.0 Å². The van der Waals surface area contributed by atoms with Gasteiger partial charge in [0.05, 0.1) is 15.2 Å². The molecule has 70 valence electrons. The fourth-order valence-corrected chi connectivity index (χ4v) is 0.940. The van der Waals surface area contributed by atoms with Gasteiger partial charge in [0.25, 0.3) is 0 Å². The molecule has 0 heterocycles. The van der Waals surface area contributed by atoms with Crippen LogP contribution in [0.4, 0.5) is 0 Å². The van der Waals surface area contributed by atoms with Crippen LogP contribution in [0.5, 0.6) is 5.75 Å². The molecule has 1 unspecified atom stereocenters. The van der Waals surface area contributed by atoms with Crippen LogP contribution in [0.25, 0.3) is 6.08 Å². The molecule has 5 heteroatoms. The lowest BCUT2D eigenvalue weighted by molar-refractivity contribution is -0.127. The fourth-order valence-electron chi connectivity index (χ4n) is 0.861. The van der Waals surface area contributed by atoms with E-state index in [1.807, 2.05) is 9.47 Å². The van der Waals surface area contributed by atoms with Crippen molar-refractivity contribution in [2.45, 2.75) is 0 Å². The summed E-state index contributed by atoms with van der Waals surface area (Å²) in [4.78, 5) is 10.7. The molecule has 1 atom stereocenters. The van der Waals surface area contributed by atoms with Crippen LogP contribution >= 0.6 is 9.47 Å². The lowest BCUT2D eigenvalue weighted by atomic mass is 10.2. The molecule has 1 aromatic carbocycles. The van der Waals surface area contributed by atoms with Gasteiger partial charge in [0.1, 0.15) is 0 Å². The first-order chi connectivity index (χ1) is 6.76. The van der Waals surface area contributed by atoms with E-state index in [2.05, 4.69) is 9.18 Å². The summed E-state index contributed by atoms with van der Waals surface area (Å²) in [5.41, 5.74) is 0.862. The van der Waals surface area contributed by atoms with Gasteiger partial charge in [0.15, 0.2) is 0 Å². The van der Waals surface area contributed by atoms with Gasteiger partial charge in [-0.15, -0.1) is 0 Å². The highest BCUT2D eigenvalue weighted by Gasteiger charge is 1.92. The first-order valence-corrected chi connectivity index (χ1v) is 4.29. The Labute approximate surface area is 85.8 Å². The number of hydrogen-bond donors (Lipinski definition) is 0. The average Bonchev–Trinajstić information content (AvgIpc) is 2.26. The smallest absolute Gasteiger partial charge is 0.374 e. The van der Waals surface area contributed by atoms with Gasteiger partial charge in [0.2, 0.25) is 0 Å². The summed E-state index contributed by atoms with van der Waals surface area (Å²) < 4.78 is 8.86. The summed E-state index contributed by atoms with van der Waals surface area (Å²) >= 11 is 0. The summed E-state index contributed by atoms with van der Waals surface area (Å²) in [6.45, 7) is 0. The zero-order valence-electron chi connectivity index (χ0n) is 7.34. The molecule has 0 bridgehead atoms. The maximum Gasteiger partial charge on any atom is 0.374 e. The number of carbonyl (C=O) groups is 1. The Morgan fingerprint density at radius 3 is 2.50 bits per heavy atom. The van der Waals surface area contributed by atoms with Gasteiger partial charge in [-0.1, -0.05) is 12.1 Å². The van der Waals surface area contributed by atoms with Crippen LogP contribution in [0.3, 0.4) is 0 Å². The number of carbonyl (C=O) groups excluding carboxylic acids is 1. The van der Waals surface area contributed by atoms with Crippen LogP contribution in [-0.2, 0) is 9.32 Å². The molecule has 0 aliphatic rings. The normalized spacial score (nSPS) is 10.1. The zero-order chi connectivity index (χ0) is 10.4. The molecule has 1 aromatic rings. The molecule has 0 spiro atoms. The van der Waals surface area contributed by atoms with Gasteiger partial charge >= 0.3 is 14.0 Å². The largest absolute Gasteiger partial charge is 0.568 e. The Bertz CT molecular complexity index is 334. The first kappa shape index (κ1) is 10.8. The average molecular weight is 206 g/mol. The van der Waals surface area contributed by atoms with Gasteiger partial charge < -0.3 is 9.18 Å². The lowest BCUT2D eigenvalue weighted by Gasteiger charge is -1.99. The standard InChI is InChI=1S/C9H8BO3P/c10-12-8-4-1-7(2-5-8)3-6-9(11)13-14/h1-6H,14H2/b6-3+. The van der Waals surface area contributed by atoms with E-state index in [-0.39, 0.29) is 0 Å². The Morgan fingerprint density at radius 2 is 2.00 bits per heavy atom. The minimum absolute atomic E-state index is 0.422. The molecule has 0 aliphatic carbocycles. The van der Waals surface area contributed by atoms with Crippen molar-refractivity contribution in [1.82, 2.24) is 0 Å². The van der Waals surface area contributed by atoms with Crippen LogP contribution in [0.15, 0.2) is 30.3 Å². The molecule has 0 aliphatic heterocycles. The maximum atomic E-state index is 10.7. The van der Waals surface area contributed by atoms with Gasteiger partial charge in [-0.05, 0) is 23.8 Å². The van der Waals surface area contributed by atoms with Crippen LogP contribution < -0.4 is 4.65 Å². The van der Waals surface area contributed by atoms with Crippen molar-refractivity contribution in [3.05, 3.63) is 35.9 Å². The molecule has 14 heavy (non-hydrogen) atoms. The zero-order valence-corrected chi connectivity index (χ0v) is 8.50. The number of benzene rings is 1. The molecule has 0 amide bonds. The minimum atomic E-state index is -0.422. The van der Waals surface area contributed by atoms with Crippen LogP contribution in [0.2, 0.25) is 0 Å². The quantitative estimate of drug-likeness (QED) is 0.427. The second-order valence-electron chi connectivity index (χ2n) is 2.46. The third-order valence-electron chi connectivity index (χ3n) is 1.54. The van der Waals surface area contributed by atoms with Gasteiger partial charge in [-0.3, -0.25) is 0 Å². The molecule has 0 N–H and O–H groups in total. The summed E-state index contributed by atoms with van der Waals surface area (Å²) in [7, 11) is 6.83. The van der Waals surface area contributed by atoms with Crippen molar-refractivity contribution >= 4 is 29.6 Å². The predicted molar refractivity (Wildman–Crippen MR) is 57.7 cm³/mol. The van der Waals surface area contributed by atoms with Crippen molar-refractivity contribution in [3.63, 3.8) is 0 Å². The molecule has 0 aromatic heterocycles. The third kappa shape index (κ3) is 3.23. The molecule has 0 saturated carbocycles. The van der Waals surface area contributed by atoms with Gasteiger partial charge in [-0.25, -0.2) is 4.79 Å². The molecular formula is C9H8BO3P. The molecular weight excluding hydrogens is 198 g/mol. The van der Waals surface area contributed by atoms with Crippen molar-refractivity contribution in [1.29, 1.82) is 0 Å². The Morgan fingerprint density at radius 1 is 1.36 bits per heavy atom. The lowest BCUT2D eigenvalue weighted by Crippen LogP contribution is -1.88. The number of rotatable bonds is 3. The summed E-state index contributed by atoms with van der Waals surface area (Å²) in [6, 6.07) is 6.95. The van der Waals surface area contributed by atoms with Crippen molar-refractivity contribution in [2.75, 3.05) is 0 Å². The van der Waals surface area contributed by atoms with E-state index in [0.717, 1.165) is 5.56 Å². The number of hydrogen-bond acceptors (Lipinski definition) is 3. The van der Waals surface area contributed by atoms with E-state index < -0.39 is 5.97 Å². The second-order valence-corrected chi connectivity index (χ2v) is 2.69. The predicted octanol–water partition coefficient (Wildman–Crippen LogP) is 1.50. The van der Waals surface area contributed by atoms with Crippen molar-refractivity contribution in [2.24, 2.45) is 0 Å². The topological polar surface area (TPSA) is 35.5 Å². The second kappa shape index (κ2) is 5.45. The molecule has 0 fully saturated rings. The van der Waals surface area contributed by atoms with E-state index in [1.54, 1.807) is 30.3 Å². The Balaban J connectivity index is 2.68. The highest BCUT2D eigenvalue weighted by atomic mass is 31.0. The van der Waals surface area contributed by atoms with Crippen LogP contribution in [-0.4, -0.2) is 14.0 Å². The molecule has 0 saturated heterocycles. The minimum Gasteiger partial charge on any atom is -0.568 e. The summed E-state index contributed by atoms with van der Waals surface area (Å²) in [5, 5.41) is 0. The van der Waals surface area contributed by atoms with Gasteiger partial charge in [-0.2, -0.15) is 0 Å². The van der Waals surface area contributed by atoms with Crippen LogP contribution in [0, 0.1) is 0 Å². The fraction of sp³-hybridized carbons (Fsp3) is 0. The Hall–Kier alpha value is -1.28. The van der Waals surface area contributed by atoms with Gasteiger partial charge in [0, 0.05) is 6.08 Å². The molecule has 1 rings (SSSR count). The van der Waals surface area contributed by atoms with Crippen LogP contribution in [0.1, 0.15) is 5.56 Å². The third-order valence-corrected chi connectivity index (χ3v) is 1.78. The maximum absolute atomic E-state index is 10.7. The Kier molecular flexibility index (Phi) is 4.21. The highest BCUT2D eigenvalue weighted by molar-refractivity contribution is 7.10. The summed E-state index contributed by atoms with van der Waals surface area (Å²) in [6.07, 6.45) is 2.96.